The van der Waals surface area contributed by atoms with E-state index in [1.54, 1.807) is 6.08 Å². The van der Waals surface area contributed by atoms with Crippen molar-refractivity contribution in [2.45, 2.75) is 61.7 Å². The third-order valence-corrected chi connectivity index (χ3v) is 8.37. The standard InChI is InChI=1S/C24H28N2O4S3/c1-5-12-25-20(29)19(21(30)26(23(25)31)13-8-6-7-9-18(27)28)22-32-16-11-10-15(24(2,3)4)14-17(16)33-22/h5,10-11,14H,1,6-9,12-13H2,2-4H3,(H,27,28)/b22-19+. The number of rotatable bonds is 8. The summed E-state index contributed by atoms with van der Waals surface area (Å²) in [4.78, 5) is 42.4. The first-order valence-electron chi connectivity index (χ1n) is 10.8. The minimum Gasteiger partial charge on any atom is -0.481 e. The number of carbonyl (C=O) groups is 3. The Hall–Kier alpha value is -2.10. The van der Waals surface area contributed by atoms with E-state index in [-0.39, 0.29) is 35.0 Å². The summed E-state index contributed by atoms with van der Waals surface area (Å²) < 4.78 is 0.665. The molecule has 2 heterocycles. The van der Waals surface area contributed by atoms with Gasteiger partial charge in [0.1, 0.15) is 5.57 Å². The summed E-state index contributed by atoms with van der Waals surface area (Å²) in [5.41, 5.74) is 1.33. The van der Waals surface area contributed by atoms with Crippen molar-refractivity contribution in [1.29, 1.82) is 0 Å². The van der Waals surface area contributed by atoms with Crippen LogP contribution in [0.3, 0.4) is 0 Å². The van der Waals surface area contributed by atoms with E-state index in [1.807, 2.05) is 6.07 Å². The highest BCUT2D eigenvalue weighted by Crippen LogP contribution is 2.53. The zero-order chi connectivity index (χ0) is 24.3. The van der Waals surface area contributed by atoms with E-state index in [9.17, 15) is 14.4 Å². The monoisotopic (exact) mass is 504 g/mol. The molecule has 0 spiro atoms. The molecule has 0 atom stereocenters. The molecule has 0 unspecified atom stereocenters. The normalized spacial score (nSPS) is 18.7. The Bertz CT molecular complexity index is 1040. The largest absolute Gasteiger partial charge is 0.481 e. The maximum atomic E-state index is 13.4. The minimum atomic E-state index is -0.834. The maximum absolute atomic E-state index is 13.4. The van der Waals surface area contributed by atoms with Crippen LogP contribution in [0.15, 0.2) is 50.5 Å². The first-order valence-corrected chi connectivity index (χ1v) is 12.8. The Morgan fingerprint density at radius 2 is 1.76 bits per heavy atom. The van der Waals surface area contributed by atoms with E-state index < -0.39 is 11.9 Å². The van der Waals surface area contributed by atoms with Gasteiger partial charge < -0.3 is 5.11 Å². The van der Waals surface area contributed by atoms with Gasteiger partial charge in [-0.25, -0.2) is 0 Å². The van der Waals surface area contributed by atoms with Gasteiger partial charge in [0.05, 0.1) is 4.24 Å². The quantitative estimate of drug-likeness (QED) is 0.172. The van der Waals surface area contributed by atoms with Gasteiger partial charge in [-0.3, -0.25) is 24.2 Å². The number of fused-ring (bicyclic) bond motifs is 1. The van der Waals surface area contributed by atoms with E-state index in [0.717, 1.165) is 9.79 Å². The highest BCUT2D eigenvalue weighted by molar-refractivity contribution is 8.24. The molecule has 1 aromatic rings. The second kappa shape index (κ2) is 10.4. The van der Waals surface area contributed by atoms with E-state index in [0.29, 0.717) is 30.0 Å². The summed E-state index contributed by atoms with van der Waals surface area (Å²) in [7, 11) is 0. The van der Waals surface area contributed by atoms with Crippen molar-refractivity contribution in [1.82, 2.24) is 9.80 Å². The van der Waals surface area contributed by atoms with Crippen LogP contribution in [0.1, 0.15) is 52.0 Å². The zero-order valence-electron chi connectivity index (χ0n) is 19.1. The lowest BCUT2D eigenvalue weighted by atomic mass is 9.87. The molecule has 0 bridgehead atoms. The van der Waals surface area contributed by atoms with Crippen LogP contribution in [0.4, 0.5) is 0 Å². The molecule has 1 aromatic carbocycles. The topological polar surface area (TPSA) is 77.9 Å². The van der Waals surface area contributed by atoms with Crippen molar-refractivity contribution in [3.63, 3.8) is 0 Å². The fourth-order valence-electron chi connectivity index (χ4n) is 3.53. The summed E-state index contributed by atoms with van der Waals surface area (Å²) in [5, 5.41) is 8.99. The molecule has 0 aromatic heterocycles. The molecule has 2 aliphatic rings. The van der Waals surface area contributed by atoms with E-state index >= 15 is 0 Å². The number of benzene rings is 1. The van der Waals surface area contributed by atoms with Gasteiger partial charge in [-0.15, -0.1) is 6.58 Å². The molecule has 2 aliphatic heterocycles. The number of carboxylic acids is 1. The van der Waals surface area contributed by atoms with Crippen molar-refractivity contribution in [3.8, 4) is 0 Å². The Morgan fingerprint density at radius 3 is 2.39 bits per heavy atom. The highest BCUT2D eigenvalue weighted by Gasteiger charge is 2.42. The summed E-state index contributed by atoms with van der Waals surface area (Å²) in [5.74, 6) is -1.62. The van der Waals surface area contributed by atoms with Crippen LogP contribution < -0.4 is 0 Å². The molecular weight excluding hydrogens is 476 g/mol. The average molecular weight is 505 g/mol. The van der Waals surface area contributed by atoms with Crippen molar-refractivity contribution in [2.24, 2.45) is 0 Å². The molecular formula is C24H28N2O4S3. The van der Waals surface area contributed by atoms with Crippen molar-refractivity contribution in [2.75, 3.05) is 13.1 Å². The first kappa shape index (κ1) is 25.5. The molecule has 1 saturated heterocycles. The molecule has 0 saturated carbocycles. The molecule has 9 heteroatoms. The van der Waals surface area contributed by atoms with E-state index in [1.165, 1.54) is 38.9 Å². The second-order valence-electron chi connectivity index (χ2n) is 8.93. The number of hydrogen-bond donors (Lipinski definition) is 1. The van der Waals surface area contributed by atoms with Gasteiger partial charge in [0.2, 0.25) is 0 Å². The van der Waals surface area contributed by atoms with Crippen molar-refractivity contribution in [3.05, 3.63) is 46.2 Å². The van der Waals surface area contributed by atoms with Crippen LogP contribution in [0.5, 0.6) is 0 Å². The van der Waals surface area contributed by atoms with Crippen LogP contribution >= 0.6 is 35.7 Å². The first-order chi connectivity index (χ1) is 15.5. The van der Waals surface area contributed by atoms with Gasteiger partial charge in [0, 0.05) is 29.3 Å². The summed E-state index contributed by atoms with van der Waals surface area (Å²) in [6, 6.07) is 6.27. The SMILES string of the molecule is C=CCN1C(=O)/C(=C2/Sc3ccc(C(C)(C)C)cc3S2)C(=O)N(CCCCCC(=O)O)C1=S. The Kier molecular flexibility index (Phi) is 8.08. The number of aliphatic carboxylic acids is 1. The molecule has 1 fully saturated rings. The predicted molar refractivity (Wildman–Crippen MR) is 136 cm³/mol. The Labute approximate surface area is 208 Å². The summed E-state index contributed by atoms with van der Waals surface area (Å²) in [6.45, 7) is 10.7. The number of carbonyl (C=O) groups excluding carboxylic acids is 2. The molecule has 33 heavy (non-hydrogen) atoms. The smallest absolute Gasteiger partial charge is 0.303 e. The molecule has 0 radical (unpaired) electrons. The molecule has 3 rings (SSSR count). The number of amides is 2. The van der Waals surface area contributed by atoms with Gasteiger partial charge in [-0.2, -0.15) is 0 Å². The average Bonchev–Trinajstić information content (AvgIpc) is 3.15. The van der Waals surface area contributed by atoms with Gasteiger partial charge in [0.25, 0.3) is 11.8 Å². The zero-order valence-corrected chi connectivity index (χ0v) is 21.5. The van der Waals surface area contributed by atoms with Gasteiger partial charge in [-0.05, 0) is 48.2 Å². The minimum absolute atomic E-state index is 0.00296. The third-order valence-electron chi connectivity index (χ3n) is 5.38. The van der Waals surface area contributed by atoms with Crippen LogP contribution in [0.25, 0.3) is 0 Å². The maximum Gasteiger partial charge on any atom is 0.303 e. The number of thioether (sulfide) groups is 2. The lowest BCUT2D eigenvalue weighted by Gasteiger charge is -2.36. The van der Waals surface area contributed by atoms with Gasteiger partial charge >= 0.3 is 5.97 Å². The third kappa shape index (κ3) is 5.70. The number of nitrogens with zero attached hydrogens (tertiary/aromatic N) is 2. The molecule has 6 nitrogen and oxygen atoms in total. The molecule has 2 amide bonds. The number of unbranched alkanes of at least 4 members (excludes halogenated alkanes) is 2. The summed E-state index contributed by atoms with van der Waals surface area (Å²) in [6.07, 6.45) is 3.48. The fourth-order valence-corrected chi connectivity index (χ4v) is 6.42. The van der Waals surface area contributed by atoms with Crippen LogP contribution in [0, 0.1) is 0 Å². The predicted octanol–water partition coefficient (Wildman–Crippen LogP) is 5.18. The van der Waals surface area contributed by atoms with Gasteiger partial charge in [0.15, 0.2) is 5.11 Å². The number of hydrogen-bond acceptors (Lipinski definition) is 6. The number of carboxylic acid groups (broad SMARTS) is 1. The fraction of sp³-hybridized carbons (Fsp3) is 0.417. The highest BCUT2D eigenvalue weighted by atomic mass is 32.2. The van der Waals surface area contributed by atoms with Crippen LogP contribution in [-0.4, -0.2) is 50.9 Å². The lowest BCUT2D eigenvalue weighted by molar-refractivity contribution is -0.137. The Balaban J connectivity index is 1.87. The number of thiocarbonyl (C=S) groups is 1. The van der Waals surface area contributed by atoms with Crippen molar-refractivity contribution >= 4 is 58.6 Å². The van der Waals surface area contributed by atoms with Crippen LogP contribution in [-0.2, 0) is 19.8 Å². The van der Waals surface area contributed by atoms with Crippen molar-refractivity contribution < 1.29 is 19.5 Å². The second-order valence-corrected chi connectivity index (χ2v) is 11.7. The molecule has 0 aliphatic carbocycles. The van der Waals surface area contributed by atoms with E-state index in [2.05, 4.69) is 39.5 Å². The lowest BCUT2D eigenvalue weighted by Crippen LogP contribution is -2.56. The summed E-state index contributed by atoms with van der Waals surface area (Å²) >= 11 is 8.37. The molecule has 176 valence electrons. The Morgan fingerprint density at radius 1 is 1.09 bits per heavy atom. The molecule has 1 N–H and O–H groups in total. The van der Waals surface area contributed by atoms with Crippen LogP contribution in [0.2, 0.25) is 0 Å². The van der Waals surface area contributed by atoms with Gasteiger partial charge in [-0.1, -0.05) is 62.9 Å². The van der Waals surface area contributed by atoms with E-state index in [4.69, 9.17) is 17.3 Å².